The van der Waals surface area contributed by atoms with E-state index in [9.17, 15) is 4.79 Å². The second kappa shape index (κ2) is 7.07. The van der Waals surface area contributed by atoms with Crippen LogP contribution < -0.4 is 0 Å². The smallest absolute Gasteiger partial charge is 0.223 e. The third-order valence-electron chi connectivity index (χ3n) is 3.59. The van der Waals surface area contributed by atoms with Crippen LogP contribution in [-0.2, 0) is 4.79 Å². The Morgan fingerprint density at radius 3 is 3.05 bits per heavy atom. The summed E-state index contributed by atoms with van der Waals surface area (Å²) in [6.45, 7) is 2.89. The van der Waals surface area contributed by atoms with Gasteiger partial charge in [-0.2, -0.15) is 0 Å². The van der Waals surface area contributed by atoms with Crippen molar-refractivity contribution in [2.24, 2.45) is 0 Å². The predicted octanol–water partition coefficient (Wildman–Crippen LogP) is 3.49. The highest BCUT2D eigenvalue weighted by Gasteiger charge is 2.25. The van der Waals surface area contributed by atoms with Crippen LogP contribution in [0.2, 0.25) is 0 Å². The number of nitrogens with zero attached hydrogens (tertiary/aromatic N) is 2. The van der Waals surface area contributed by atoms with Gasteiger partial charge in [0.15, 0.2) is 0 Å². The average molecular weight is 258 g/mol. The first-order chi connectivity index (χ1) is 9.33. The standard InChI is InChI=1S/C16H22N2O/c1-2-3-4-10-16(19)18-12-6-5-9-15(18)14-8-7-11-17-13-14/h5-8,11,13,15H,2-4,9-10,12H2,1H3/t15-/m0/s1. The van der Waals surface area contributed by atoms with Crippen LogP contribution >= 0.6 is 0 Å². The minimum Gasteiger partial charge on any atom is -0.332 e. The zero-order valence-corrected chi connectivity index (χ0v) is 11.6. The molecule has 2 heterocycles. The number of amides is 1. The number of hydrogen-bond donors (Lipinski definition) is 0. The Labute approximate surface area is 115 Å². The summed E-state index contributed by atoms with van der Waals surface area (Å²) >= 11 is 0. The molecular formula is C16H22N2O. The van der Waals surface area contributed by atoms with Crippen molar-refractivity contribution >= 4 is 5.91 Å². The summed E-state index contributed by atoms with van der Waals surface area (Å²) in [5.41, 5.74) is 1.13. The van der Waals surface area contributed by atoms with Gasteiger partial charge in [-0.05, 0) is 24.5 Å². The summed E-state index contributed by atoms with van der Waals surface area (Å²) in [5, 5.41) is 0. The molecule has 0 bridgehead atoms. The van der Waals surface area contributed by atoms with Crippen molar-refractivity contribution in [1.29, 1.82) is 0 Å². The van der Waals surface area contributed by atoms with E-state index in [1.54, 1.807) is 6.20 Å². The maximum atomic E-state index is 12.3. The van der Waals surface area contributed by atoms with Gasteiger partial charge >= 0.3 is 0 Å². The number of carbonyl (C=O) groups is 1. The number of hydrogen-bond acceptors (Lipinski definition) is 2. The van der Waals surface area contributed by atoms with Gasteiger partial charge in [0.2, 0.25) is 5.91 Å². The second-order valence-corrected chi connectivity index (χ2v) is 5.01. The quantitative estimate of drug-likeness (QED) is 0.598. The lowest BCUT2D eigenvalue weighted by Gasteiger charge is -2.33. The van der Waals surface area contributed by atoms with E-state index in [2.05, 4.69) is 30.1 Å². The van der Waals surface area contributed by atoms with Crippen molar-refractivity contribution in [2.45, 2.75) is 45.1 Å². The topological polar surface area (TPSA) is 33.2 Å². The Morgan fingerprint density at radius 2 is 2.32 bits per heavy atom. The van der Waals surface area contributed by atoms with Gasteiger partial charge in [-0.3, -0.25) is 9.78 Å². The van der Waals surface area contributed by atoms with Gasteiger partial charge < -0.3 is 4.90 Å². The fraction of sp³-hybridized carbons (Fsp3) is 0.500. The molecule has 3 heteroatoms. The molecular weight excluding hydrogens is 236 g/mol. The van der Waals surface area contributed by atoms with E-state index >= 15 is 0 Å². The Balaban J connectivity index is 2.04. The van der Waals surface area contributed by atoms with Crippen molar-refractivity contribution < 1.29 is 4.79 Å². The fourth-order valence-electron chi connectivity index (χ4n) is 2.50. The third kappa shape index (κ3) is 3.66. The minimum atomic E-state index is 0.160. The number of pyridine rings is 1. The molecule has 2 rings (SSSR count). The van der Waals surface area contributed by atoms with Crippen LogP contribution in [0.1, 0.15) is 50.6 Å². The monoisotopic (exact) mass is 258 g/mol. The summed E-state index contributed by atoms with van der Waals surface area (Å²) < 4.78 is 0. The SMILES string of the molecule is CCCCCC(=O)N1CC=CC[C@H]1c1cccnc1. The maximum Gasteiger partial charge on any atom is 0.223 e. The Kier molecular flexibility index (Phi) is 5.13. The molecule has 0 N–H and O–H groups in total. The molecule has 1 aliphatic rings. The van der Waals surface area contributed by atoms with E-state index in [1.807, 2.05) is 17.2 Å². The Morgan fingerprint density at radius 1 is 1.42 bits per heavy atom. The highest BCUT2D eigenvalue weighted by molar-refractivity contribution is 5.77. The van der Waals surface area contributed by atoms with E-state index in [0.29, 0.717) is 6.42 Å². The van der Waals surface area contributed by atoms with E-state index in [4.69, 9.17) is 0 Å². The molecule has 1 amide bonds. The molecule has 0 spiro atoms. The van der Waals surface area contributed by atoms with Gasteiger partial charge in [-0.1, -0.05) is 38.0 Å². The van der Waals surface area contributed by atoms with Gasteiger partial charge in [0.1, 0.15) is 0 Å². The van der Waals surface area contributed by atoms with Gasteiger partial charge in [0, 0.05) is 25.4 Å². The number of carbonyl (C=O) groups excluding carboxylic acids is 1. The highest BCUT2D eigenvalue weighted by atomic mass is 16.2. The molecule has 0 saturated carbocycles. The van der Waals surface area contributed by atoms with E-state index in [1.165, 1.54) is 0 Å². The summed E-state index contributed by atoms with van der Waals surface area (Å²) in [5.74, 6) is 0.270. The van der Waals surface area contributed by atoms with Gasteiger partial charge in [-0.25, -0.2) is 0 Å². The average Bonchev–Trinajstić information content (AvgIpc) is 2.48. The molecule has 1 aromatic heterocycles. The van der Waals surface area contributed by atoms with Crippen LogP contribution in [0.15, 0.2) is 36.7 Å². The lowest BCUT2D eigenvalue weighted by atomic mass is 10.00. The maximum absolute atomic E-state index is 12.3. The number of aromatic nitrogens is 1. The van der Waals surface area contributed by atoms with E-state index in [0.717, 1.165) is 37.8 Å². The summed E-state index contributed by atoms with van der Waals surface area (Å²) in [6, 6.07) is 4.16. The van der Waals surface area contributed by atoms with Crippen molar-refractivity contribution in [2.75, 3.05) is 6.54 Å². The van der Waals surface area contributed by atoms with Gasteiger partial charge in [0.25, 0.3) is 0 Å². The molecule has 0 unspecified atom stereocenters. The normalized spacial score (nSPS) is 18.6. The van der Waals surface area contributed by atoms with Crippen LogP contribution in [0.4, 0.5) is 0 Å². The lowest BCUT2D eigenvalue weighted by molar-refractivity contribution is -0.133. The van der Waals surface area contributed by atoms with Crippen LogP contribution in [0.3, 0.4) is 0 Å². The first-order valence-corrected chi connectivity index (χ1v) is 7.17. The van der Waals surface area contributed by atoms with Crippen LogP contribution in [0, 0.1) is 0 Å². The number of unbranched alkanes of at least 4 members (excludes halogenated alkanes) is 2. The van der Waals surface area contributed by atoms with Crippen molar-refractivity contribution in [3.05, 3.63) is 42.2 Å². The molecule has 0 fully saturated rings. The molecule has 19 heavy (non-hydrogen) atoms. The van der Waals surface area contributed by atoms with Gasteiger partial charge in [-0.15, -0.1) is 0 Å². The Hall–Kier alpha value is -1.64. The van der Waals surface area contributed by atoms with Crippen LogP contribution in [0.25, 0.3) is 0 Å². The summed E-state index contributed by atoms with van der Waals surface area (Å²) in [6.07, 6.45) is 12.7. The molecule has 0 saturated heterocycles. The molecule has 0 radical (unpaired) electrons. The van der Waals surface area contributed by atoms with Crippen molar-refractivity contribution in [1.82, 2.24) is 9.88 Å². The van der Waals surface area contributed by atoms with E-state index in [-0.39, 0.29) is 11.9 Å². The predicted molar refractivity (Wildman–Crippen MR) is 76.6 cm³/mol. The fourth-order valence-corrected chi connectivity index (χ4v) is 2.50. The molecule has 1 aromatic rings. The van der Waals surface area contributed by atoms with Crippen LogP contribution in [-0.4, -0.2) is 22.3 Å². The lowest BCUT2D eigenvalue weighted by Crippen LogP contribution is -2.36. The zero-order chi connectivity index (χ0) is 13.5. The summed E-state index contributed by atoms with van der Waals surface area (Å²) in [4.78, 5) is 18.5. The number of rotatable bonds is 5. The molecule has 0 aromatic carbocycles. The van der Waals surface area contributed by atoms with Crippen molar-refractivity contribution in [3.63, 3.8) is 0 Å². The molecule has 3 nitrogen and oxygen atoms in total. The first-order valence-electron chi connectivity index (χ1n) is 7.17. The minimum absolute atomic E-state index is 0.160. The van der Waals surface area contributed by atoms with Crippen LogP contribution in [0.5, 0.6) is 0 Å². The third-order valence-corrected chi connectivity index (χ3v) is 3.59. The zero-order valence-electron chi connectivity index (χ0n) is 11.6. The first kappa shape index (κ1) is 13.8. The second-order valence-electron chi connectivity index (χ2n) is 5.01. The Bertz CT molecular complexity index is 428. The van der Waals surface area contributed by atoms with Crippen molar-refractivity contribution in [3.8, 4) is 0 Å². The summed E-state index contributed by atoms with van der Waals surface area (Å²) in [7, 11) is 0. The highest BCUT2D eigenvalue weighted by Crippen LogP contribution is 2.28. The molecule has 0 aliphatic carbocycles. The van der Waals surface area contributed by atoms with Gasteiger partial charge in [0.05, 0.1) is 6.04 Å². The largest absolute Gasteiger partial charge is 0.332 e. The van der Waals surface area contributed by atoms with E-state index < -0.39 is 0 Å². The molecule has 1 atom stereocenters. The molecule has 1 aliphatic heterocycles. The molecule has 102 valence electrons.